The highest BCUT2D eigenvalue weighted by molar-refractivity contribution is 6.06. The molecule has 1 N–H and O–H groups in total. The van der Waals surface area contributed by atoms with Crippen LogP contribution in [0.2, 0.25) is 0 Å². The molecule has 3 aromatic rings. The SMILES string of the molecule is CCn1cc([N+](=O)[O-])c(C(=O)Nc2c(C)nn(Cc3ccc(C)cc3)c2C)n1. The quantitative estimate of drug-likeness (QED) is 0.520. The first-order valence-electron chi connectivity index (χ1n) is 8.93. The Balaban J connectivity index is 1.86. The van der Waals surface area contributed by atoms with Crippen LogP contribution in [0.1, 0.15) is 39.9 Å². The number of rotatable bonds is 6. The minimum absolute atomic E-state index is 0.211. The van der Waals surface area contributed by atoms with Gasteiger partial charge in [-0.3, -0.25) is 24.3 Å². The summed E-state index contributed by atoms with van der Waals surface area (Å²) in [5.74, 6) is -0.625. The van der Waals surface area contributed by atoms with Crippen molar-refractivity contribution in [3.63, 3.8) is 0 Å². The third-order valence-corrected chi connectivity index (χ3v) is 4.55. The summed E-state index contributed by atoms with van der Waals surface area (Å²) in [5, 5.41) is 22.5. The molecule has 0 bridgehead atoms. The smallest absolute Gasteiger partial charge is 0.317 e. The molecule has 0 aliphatic rings. The van der Waals surface area contributed by atoms with Crippen molar-refractivity contribution in [2.24, 2.45) is 0 Å². The summed E-state index contributed by atoms with van der Waals surface area (Å²) in [5.41, 5.74) is 3.68. The highest BCUT2D eigenvalue weighted by Crippen LogP contribution is 2.23. The van der Waals surface area contributed by atoms with Gasteiger partial charge in [-0.15, -0.1) is 0 Å². The number of anilines is 1. The predicted molar refractivity (Wildman–Crippen MR) is 104 cm³/mol. The van der Waals surface area contributed by atoms with Gasteiger partial charge in [-0.25, -0.2) is 0 Å². The molecule has 2 aromatic heterocycles. The molecule has 1 amide bonds. The number of aryl methyl sites for hydroxylation is 3. The second kappa shape index (κ2) is 7.63. The van der Waals surface area contributed by atoms with E-state index in [1.807, 2.05) is 38.1 Å². The van der Waals surface area contributed by atoms with Crippen molar-refractivity contribution in [3.05, 3.63) is 68.8 Å². The number of amides is 1. The van der Waals surface area contributed by atoms with E-state index in [1.165, 1.54) is 16.4 Å². The van der Waals surface area contributed by atoms with Gasteiger partial charge in [0.05, 0.1) is 28.5 Å². The molecule has 2 heterocycles. The van der Waals surface area contributed by atoms with Gasteiger partial charge in [-0.2, -0.15) is 10.2 Å². The Morgan fingerprint density at radius 1 is 1.18 bits per heavy atom. The van der Waals surface area contributed by atoms with Crippen LogP contribution in [0.5, 0.6) is 0 Å². The summed E-state index contributed by atoms with van der Waals surface area (Å²) in [4.78, 5) is 23.3. The molecule has 0 unspecified atom stereocenters. The average molecular weight is 382 g/mol. The van der Waals surface area contributed by atoms with Crippen LogP contribution in [0, 0.1) is 30.9 Å². The van der Waals surface area contributed by atoms with E-state index in [-0.39, 0.29) is 11.4 Å². The third kappa shape index (κ3) is 3.78. The van der Waals surface area contributed by atoms with E-state index in [2.05, 4.69) is 15.5 Å². The van der Waals surface area contributed by atoms with Crippen LogP contribution in [-0.4, -0.2) is 30.4 Å². The lowest BCUT2D eigenvalue weighted by Gasteiger charge is -2.07. The van der Waals surface area contributed by atoms with E-state index < -0.39 is 10.8 Å². The molecule has 28 heavy (non-hydrogen) atoms. The molecule has 3 rings (SSSR count). The van der Waals surface area contributed by atoms with Gasteiger partial charge in [-0.05, 0) is 33.3 Å². The molecule has 0 saturated carbocycles. The molecule has 0 fully saturated rings. The number of hydrogen-bond donors (Lipinski definition) is 1. The van der Waals surface area contributed by atoms with Gasteiger partial charge in [0.25, 0.3) is 5.91 Å². The van der Waals surface area contributed by atoms with E-state index in [0.717, 1.165) is 11.3 Å². The molecule has 1 aromatic carbocycles. The highest BCUT2D eigenvalue weighted by atomic mass is 16.6. The Hall–Kier alpha value is -3.49. The second-order valence-electron chi connectivity index (χ2n) is 6.62. The normalized spacial score (nSPS) is 10.9. The number of benzene rings is 1. The number of carbonyl (C=O) groups excluding carboxylic acids is 1. The third-order valence-electron chi connectivity index (χ3n) is 4.55. The Bertz CT molecular complexity index is 1030. The predicted octanol–water partition coefficient (Wildman–Crippen LogP) is 3.23. The fourth-order valence-electron chi connectivity index (χ4n) is 2.94. The summed E-state index contributed by atoms with van der Waals surface area (Å²) < 4.78 is 3.17. The zero-order valence-electron chi connectivity index (χ0n) is 16.3. The Kier molecular flexibility index (Phi) is 5.25. The maximum atomic E-state index is 12.6. The van der Waals surface area contributed by atoms with E-state index in [1.54, 1.807) is 18.5 Å². The van der Waals surface area contributed by atoms with Crippen molar-refractivity contribution >= 4 is 17.3 Å². The minimum Gasteiger partial charge on any atom is -0.317 e. The molecule has 0 radical (unpaired) electrons. The van der Waals surface area contributed by atoms with E-state index in [9.17, 15) is 14.9 Å². The fourth-order valence-corrected chi connectivity index (χ4v) is 2.94. The van der Waals surface area contributed by atoms with Crippen LogP contribution in [0.25, 0.3) is 0 Å². The molecule has 0 spiro atoms. The number of nitrogens with one attached hydrogen (secondary N) is 1. The minimum atomic E-state index is -0.625. The van der Waals surface area contributed by atoms with Crippen molar-refractivity contribution in [1.82, 2.24) is 19.6 Å². The summed E-state index contributed by atoms with van der Waals surface area (Å²) in [6.07, 6.45) is 1.26. The molecular formula is C19H22N6O3. The second-order valence-corrected chi connectivity index (χ2v) is 6.62. The number of nitrogens with zero attached hydrogens (tertiary/aromatic N) is 5. The van der Waals surface area contributed by atoms with Crippen LogP contribution in [0.15, 0.2) is 30.5 Å². The van der Waals surface area contributed by atoms with Crippen molar-refractivity contribution < 1.29 is 9.72 Å². The van der Waals surface area contributed by atoms with Gasteiger partial charge in [0.2, 0.25) is 5.69 Å². The van der Waals surface area contributed by atoms with Crippen LogP contribution in [0.3, 0.4) is 0 Å². The average Bonchev–Trinajstić information content (AvgIpc) is 3.21. The van der Waals surface area contributed by atoms with Crippen LogP contribution >= 0.6 is 0 Å². The van der Waals surface area contributed by atoms with Crippen molar-refractivity contribution in [3.8, 4) is 0 Å². The van der Waals surface area contributed by atoms with Crippen LogP contribution < -0.4 is 5.32 Å². The van der Waals surface area contributed by atoms with Gasteiger partial charge in [0.1, 0.15) is 6.20 Å². The Morgan fingerprint density at radius 2 is 1.86 bits per heavy atom. The maximum Gasteiger partial charge on any atom is 0.320 e. The lowest BCUT2D eigenvalue weighted by Crippen LogP contribution is -2.16. The molecule has 9 nitrogen and oxygen atoms in total. The molecule has 146 valence electrons. The number of carbonyl (C=O) groups is 1. The largest absolute Gasteiger partial charge is 0.320 e. The summed E-state index contributed by atoms with van der Waals surface area (Å²) in [6, 6.07) is 8.13. The highest BCUT2D eigenvalue weighted by Gasteiger charge is 2.27. The molecule has 9 heteroatoms. The van der Waals surface area contributed by atoms with Crippen molar-refractivity contribution in [1.29, 1.82) is 0 Å². The summed E-state index contributed by atoms with van der Waals surface area (Å²) in [7, 11) is 0. The van der Waals surface area contributed by atoms with Gasteiger partial charge >= 0.3 is 5.69 Å². The number of nitro groups is 1. The van der Waals surface area contributed by atoms with Crippen molar-refractivity contribution in [2.75, 3.05) is 5.32 Å². The zero-order valence-corrected chi connectivity index (χ0v) is 16.3. The molecule has 0 atom stereocenters. The van der Waals surface area contributed by atoms with Crippen LogP contribution in [0.4, 0.5) is 11.4 Å². The molecule has 0 aliphatic carbocycles. The van der Waals surface area contributed by atoms with Crippen molar-refractivity contribution in [2.45, 2.75) is 40.8 Å². The first kappa shape index (κ1) is 19.3. The summed E-state index contributed by atoms with van der Waals surface area (Å²) in [6.45, 7) is 8.45. The van der Waals surface area contributed by atoms with Crippen LogP contribution in [-0.2, 0) is 13.1 Å². The molecule has 0 aliphatic heterocycles. The topological polar surface area (TPSA) is 108 Å². The first-order valence-corrected chi connectivity index (χ1v) is 8.93. The summed E-state index contributed by atoms with van der Waals surface area (Å²) >= 11 is 0. The lowest BCUT2D eigenvalue weighted by molar-refractivity contribution is -0.385. The van der Waals surface area contributed by atoms with Gasteiger partial charge < -0.3 is 5.32 Å². The zero-order chi connectivity index (χ0) is 20.4. The standard InChI is InChI=1S/C19H22N6O3/c1-5-23-11-16(25(27)28)18(22-23)19(26)20-17-13(3)21-24(14(17)4)10-15-8-6-12(2)7-9-15/h6-9,11H,5,10H2,1-4H3,(H,20,26). The maximum absolute atomic E-state index is 12.6. The van der Waals surface area contributed by atoms with Gasteiger partial charge in [0.15, 0.2) is 0 Å². The molecule has 0 saturated heterocycles. The lowest BCUT2D eigenvalue weighted by atomic mass is 10.1. The Morgan fingerprint density at radius 3 is 2.46 bits per heavy atom. The van der Waals surface area contributed by atoms with Gasteiger partial charge in [-0.1, -0.05) is 29.8 Å². The first-order chi connectivity index (χ1) is 13.3. The molecular weight excluding hydrogens is 360 g/mol. The number of hydrogen-bond acceptors (Lipinski definition) is 5. The fraction of sp³-hybridized carbons (Fsp3) is 0.316. The van der Waals surface area contributed by atoms with E-state index in [4.69, 9.17) is 0 Å². The number of aromatic nitrogens is 4. The monoisotopic (exact) mass is 382 g/mol. The Labute approximate surface area is 162 Å². The van der Waals surface area contributed by atoms with Gasteiger partial charge in [0, 0.05) is 6.54 Å². The van der Waals surface area contributed by atoms with E-state index in [0.29, 0.717) is 24.5 Å². The van der Waals surface area contributed by atoms with E-state index >= 15 is 0 Å².